The number of carbonyl (C=O) groups is 1. The van der Waals surface area contributed by atoms with E-state index < -0.39 is 23.9 Å². The van der Waals surface area contributed by atoms with Crippen molar-refractivity contribution in [1.29, 1.82) is 0 Å². The number of rotatable bonds is 4. The average molecular weight is 453 g/mol. The number of amides is 1. The quantitative estimate of drug-likeness (QED) is 0.495. The lowest BCUT2D eigenvalue weighted by Gasteiger charge is -2.38. The molecule has 5 rings (SSSR count). The predicted molar refractivity (Wildman–Crippen MR) is 123 cm³/mol. The van der Waals surface area contributed by atoms with Gasteiger partial charge in [0.2, 0.25) is 0 Å². The summed E-state index contributed by atoms with van der Waals surface area (Å²) in [6.45, 7) is 2.49. The maximum absolute atomic E-state index is 14.4. The molecule has 0 aliphatic carbocycles. The minimum Gasteiger partial charge on any atom is -0.371 e. The summed E-state index contributed by atoms with van der Waals surface area (Å²) >= 11 is 0. The third-order valence-electron chi connectivity index (χ3n) is 6.26. The van der Waals surface area contributed by atoms with E-state index in [9.17, 15) is 13.6 Å². The van der Waals surface area contributed by atoms with E-state index in [1.54, 1.807) is 41.5 Å². The predicted octanol–water partition coefficient (Wildman–Crippen LogP) is 3.19. The van der Waals surface area contributed by atoms with Gasteiger partial charge >= 0.3 is 0 Å². The first-order chi connectivity index (χ1) is 15.8. The van der Waals surface area contributed by atoms with E-state index in [0.717, 1.165) is 11.1 Å². The highest BCUT2D eigenvalue weighted by Gasteiger charge is 2.31. The van der Waals surface area contributed by atoms with Crippen LogP contribution in [0.5, 0.6) is 0 Å². The summed E-state index contributed by atoms with van der Waals surface area (Å²) in [5.74, 6) is -0.911. The average Bonchev–Trinajstić information content (AvgIpc) is 3.35. The van der Waals surface area contributed by atoms with Gasteiger partial charge in [0.25, 0.3) is 5.91 Å². The molecule has 33 heavy (non-hydrogen) atoms. The summed E-state index contributed by atoms with van der Waals surface area (Å²) < 4.78 is 30.9. The van der Waals surface area contributed by atoms with Crippen LogP contribution < -0.4 is 16.0 Å². The minimum absolute atomic E-state index is 0.206. The fraction of sp³-hybridized carbons (Fsp3) is 0.348. The number of alkyl halides is 1. The molecule has 1 aliphatic heterocycles. The Labute approximate surface area is 189 Å². The molecule has 4 heterocycles. The number of nitrogens with two attached hydrogens (primary N) is 1. The van der Waals surface area contributed by atoms with E-state index in [2.05, 4.69) is 20.3 Å². The van der Waals surface area contributed by atoms with Crippen molar-refractivity contribution in [1.82, 2.24) is 19.2 Å². The van der Waals surface area contributed by atoms with Crippen LogP contribution in [0.25, 0.3) is 16.6 Å². The number of pyridine rings is 1. The molecule has 4 aromatic rings. The molecule has 0 bridgehead atoms. The minimum atomic E-state index is -0.769. The number of benzene rings is 1. The first-order valence-corrected chi connectivity index (χ1v) is 10.8. The first-order valence-electron chi connectivity index (χ1n) is 10.8. The lowest BCUT2D eigenvalue weighted by atomic mass is 9.89. The van der Waals surface area contributed by atoms with Gasteiger partial charge < -0.3 is 20.4 Å². The zero-order chi connectivity index (χ0) is 23.3. The van der Waals surface area contributed by atoms with Crippen LogP contribution in [-0.2, 0) is 7.05 Å². The SMILES string of the molecule is Cc1cn2cc(NC(=O)c3ccc(N4CCC(N)(CF)CC4)c4cn(C)nc34)cc(F)c2n1. The Morgan fingerprint density at radius 3 is 2.73 bits per heavy atom. The van der Waals surface area contributed by atoms with Gasteiger partial charge in [0.15, 0.2) is 11.5 Å². The normalized spacial score (nSPS) is 16.0. The molecule has 3 N–H and O–H groups in total. The summed E-state index contributed by atoms with van der Waals surface area (Å²) in [6, 6.07) is 4.85. The number of fused-ring (bicyclic) bond motifs is 2. The number of aromatic nitrogens is 4. The monoisotopic (exact) mass is 453 g/mol. The maximum Gasteiger partial charge on any atom is 0.257 e. The highest BCUT2D eigenvalue weighted by atomic mass is 19.1. The van der Waals surface area contributed by atoms with Crippen molar-refractivity contribution in [3.05, 3.63) is 53.9 Å². The number of hydrogen-bond donors (Lipinski definition) is 2. The zero-order valence-electron chi connectivity index (χ0n) is 18.5. The van der Waals surface area contributed by atoms with Gasteiger partial charge in [0, 0.05) is 61.4 Å². The maximum atomic E-state index is 14.4. The van der Waals surface area contributed by atoms with Crippen molar-refractivity contribution in [2.24, 2.45) is 12.8 Å². The molecule has 1 saturated heterocycles. The molecule has 0 spiro atoms. The Morgan fingerprint density at radius 2 is 2.00 bits per heavy atom. The molecule has 172 valence electrons. The van der Waals surface area contributed by atoms with Crippen molar-refractivity contribution in [2.45, 2.75) is 25.3 Å². The molecule has 10 heteroatoms. The standard InChI is InChI=1S/C23H25F2N7O/c1-14-10-32-11-15(9-18(25)21(32)27-14)28-22(33)16-3-4-19(17-12-30(2)29-20(16)17)31-7-5-23(26,13-24)6-8-31/h3-4,9-12H,5-8,13,26H2,1-2H3,(H,28,33). The fourth-order valence-corrected chi connectivity index (χ4v) is 4.44. The van der Waals surface area contributed by atoms with Gasteiger partial charge in [0.1, 0.15) is 12.2 Å². The third-order valence-corrected chi connectivity index (χ3v) is 6.26. The van der Waals surface area contributed by atoms with E-state index in [4.69, 9.17) is 5.73 Å². The van der Waals surface area contributed by atoms with Gasteiger partial charge in [-0.1, -0.05) is 0 Å². The van der Waals surface area contributed by atoms with E-state index >= 15 is 0 Å². The fourth-order valence-electron chi connectivity index (χ4n) is 4.44. The number of hydrogen-bond acceptors (Lipinski definition) is 5. The van der Waals surface area contributed by atoms with Crippen LogP contribution in [0, 0.1) is 12.7 Å². The molecular weight excluding hydrogens is 428 g/mol. The molecule has 1 fully saturated rings. The summed E-state index contributed by atoms with van der Waals surface area (Å²) in [6.07, 6.45) is 6.28. The second-order valence-electron chi connectivity index (χ2n) is 8.82. The number of carbonyl (C=O) groups excluding carboxylic acids is 1. The van der Waals surface area contributed by atoms with Gasteiger partial charge in [-0.05, 0) is 31.9 Å². The van der Waals surface area contributed by atoms with Crippen LogP contribution in [0.4, 0.5) is 20.2 Å². The van der Waals surface area contributed by atoms with Crippen molar-refractivity contribution >= 4 is 33.8 Å². The van der Waals surface area contributed by atoms with E-state index in [1.165, 1.54) is 6.07 Å². The number of nitrogens with one attached hydrogen (secondary N) is 1. The van der Waals surface area contributed by atoms with Gasteiger partial charge in [-0.15, -0.1) is 0 Å². The van der Waals surface area contributed by atoms with Gasteiger partial charge in [-0.25, -0.2) is 13.8 Å². The highest BCUT2D eigenvalue weighted by Crippen LogP contribution is 2.33. The molecular formula is C23H25F2N7O. The largest absolute Gasteiger partial charge is 0.371 e. The van der Waals surface area contributed by atoms with Gasteiger partial charge in [-0.3, -0.25) is 9.48 Å². The summed E-state index contributed by atoms with van der Waals surface area (Å²) in [5.41, 5.74) is 8.38. The molecule has 1 aliphatic rings. The molecule has 0 saturated carbocycles. The van der Waals surface area contributed by atoms with Crippen molar-refractivity contribution in [3.8, 4) is 0 Å². The number of imidazole rings is 1. The van der Waals surface area contributed by atoms with Crippen molar-refractivity contribution in [2.75, 3.05) is 30.0 Å². The number of piperidine rings is 1. The van der Waals surface area contributed by atoms with Gasteiger partial charge in [-0.2, -0.15) is 5.10 Å². The molecule has 0 unspecified atom stereocenters. The molecule has 1 amide bonds. The number of aryl methyl sites for hydroxylation is 2. The summed E-state index contributed by atoms with van der Waals surface area (Å²) in [4.78, 5) is 19.4. The second kappa shape index (κ2) is 7.80. The lowest BCUT2D eigenvalue weighted by Crippen LogP contribution is -2.52. The number of halogens is 2. The smallest absolute Gasteiger partial charge is 0.257 e. The Hall–Kier alpha value is -3.53. The lowest BCUT2D eigenvalue weighted by molar-refractivity contribution is 0.102. The van der Waals surface area contributed by atoms with Crippen LogP contribution in [0.2, 0.25) is 0 Å². The van der Waals surface area contributed by atoms with Crippen LogP contribution in [-0.4, -0.2) is 50.4 Å². The summed E-state index contributed by atoms with van der Waals surface area (Å²) in [5, 5.41) is 8.09. The van der Waals surface area contributed by atoms with Crippen LogP contribution in [0.3, 0.4) is 0 Å². The highest BCUT2D eigenvalue weighted by molar-refractivity contribution is 6.13. The molecule has 3 aromatic heterocycles. The van der Waals surface area contributed by atoms with Crippen LogP contribution in [0.15, 0.2) is 36.8 Å². The Balaban J connectivity index is 1.46. The van der Waals surface area contributed by atoms with E-state index in [0.29, 0.717) is 48.4 Å². The molecule has 8 nitrogen and oxygen atoms in total. The van der Waals surface area contributed by atoms with Gasteiger partial charge in [0.05, 0.1) is 16.9 Å². The topological polar surface area (TPSA) is 93.5 Å². The molecule has 1 aromatic carbocycles. The van der Waals surface area contributed by atoms with Crippen molar-refractivity contribution < 1.29 is 13.6 Å². The molecule has 0 radical (unpaired) electrons. The Morgan fingerprint density at radius 1 is 1.24 bits per heavy atom. The first kappa shape index (κ1) is 21.3. The van der Waals surface area contributed by atoms with E-state index in [-0.39, 0.29) is 5.65 Å². The Bertz CT molecular complexity index is 1370. The zero-order valence-corrected chi connectivity index (χ0v) is 18.5. The number of anilines is 2. The van der Waals surface area contributed by atoms with Crippen LogP contribution in [0.1, 0.15) is 28.9 Å². The van der Waals surface area contributed by atoms with Crippen LogP contribution >= 0.6 is 0 Å². The third kappa shape index (κ3) is 3.80. The summed E-state index contributed by atoms with van der Waals surface area (Å²) in [7, 11) is 1.79. The Kier molecular flexibility index (Phi) is 5.04. The van der Waals surface area contributed by atoms with E-state index in [1.807, 2.05) is 12.3 Å². The second-order valence-corrected chi connectivity index (χ2v) is 8.82. The van der Waals surface area contributed by atoms with Crippen molar-refractivity contribution in [3.63, 3.8) is 0 Å². The number of nitrogens with zero attached hydrogens (tertiary/aromatic N) is 5. The molecule has 0 atom stereocenters.